The highest BCUT2D eigenvalue weighted by Gasteiger charge is 2.24. The van der Waals surface area contributed by atoms with Crippen LogP contribution in [0.25, 0.3) is 0 Å². The zero-order valence-electron chi connectivity index (χ0n) is 11.0. The Morgan fingerprint density at radius 3 is 2.44 bits per heavy atom. The number of carbonyl (C=O) groups excluding carboxylic acids is 1. The first-order chi connectivity index (χ1) is 8.29. The third kappa shape index (κ3) is 4.98. The first-order valence-electron chi connectivity index (χ1n) is 5.81. The summed E-state index contributed by atoms with van der Waals surface area (Å²) < 4.78 is 12.0. The van der Waals surface area contributed by atoms with Gasteiger partial charge in [-0.05, 0) is 32.9 Å². The van der Waals surface area contributed by atoms with Gasteiger partial charge in [-0.25, -0.2) is 0 Å². The van der Waals surface area contributed by atoms with Gasteiger partial charge in [0.2, 0.25) is 5.91 Å². The molecule has 2 unspecified atom stereocenters. The molecule has 1 amide bonds. The van der Waals surface area contributed by atoms with Gasteiger partial charge in [0, 0.05) is 27.8 Å². The third-order valence-electron chi connectivity index (χ3n) is 2.32. The molecule has 100 valence electrons. The highest BCUT2D eigenvalue weighted by molar-refractivity contribution is 7.86. The number of rotatable bonds is 5. The quantitative estimate of drug-likeness (QED) is 0.850. The molecule has 0 bridgehead atoms. The van der Waals surface area contributed by atoms with E-state index in [0.717, 1.165) is 0 Å². The smallest absolute Gasteiger partial charge is 0.239 e. The molecule has 1 aromatic carbocycles. The van der Waals surface area contributed by atoms with E-state index >= 15 is 0 Å². The second kappa shape index (κ2) is 6.11. The topological polar surface area (TPSA) is 72.2 Å². The molecule has 2 atom stereocenters. The van der Waals surface area contributed by atoms with Gasteiger partial charge in [-0.3, -0.25) is 9.00 Å². The normalized spacial score (nSPS) is 14.9. The minimum atomic E-state index is -1.28. The van der Waals surface area contributed by atoms with E-state index in [0.29, 0.717) is 11.4 Å². The number of carbonyl (C=O) groups is 1. The van der Waals surface area contributed by atoms with Crippen LogP contribution in [0.4, 0.5) is 5.69 Å². The maximum Gasteiger partial charge on any atom is 0.239 e. The maximum absolute atomic E-state index is 12.0. The van der Waals surface area contributed by atoms with Gasteiger partial charge in [-0.15, -0.1) is 0 Å². The molecule has 5 heteroatoms. The Balaban J connectivity index is 2.59. The summed E-state index contributed by atoms with van der Waals surface area (Å²) in [6.45, 7) is 5.25. The Bertz CT molecular complexity index is 426. The lowest BCUT2D eigenvalue weighted by molar-refractivity contribution is -0.115. The van der Waals surface area contributed by atoms with Crippen LogP contribution in [-0.2, 0) is 15.6 Å². The molecule has 4 nitrogen and oxygen atoms in total. The standard InChI is InChI=1S/C13H20N2O2S/c1-10(18(17)9-13(2,3)14)12(16)15-11-7-5-4-6-8-11/h4-8,10H,9,14H2,1-3H3,(H,15,16). The molecule has 0 spiro atoms. The minimum Gasteiger partial charge on any atom is -0.325 e. The van der Waals surface area contributed by atoms with E-state index in [2.05, 4.69) is 5.32 Å². The van der Waals surface area contributed by atoms with Crippen LogP contribution in [-0.4, -0.2) is 26.7 Å². The second-order valence-corrected chi connectivity index (χ2v) is 6.77. The van der Waals surface area contributed by atoms with Crippen molar-refractivity contribution in [2.75, 3.05) is 11.1 Å². The van der Waals surface area contributed by atoms with Gasteiger partial charge >= 0.3 is 0 Å². The minimum absolute atomic E-state index is 0.246. The molecule has 1 aromatic rings. The van der Waals surface area contributed by atoms with Crippen LogP contribution in [0.1, 0.15) is 20.8 Å². The molecule has 18 heavy (non-hydrogen) atoms. The van der Waals surface area contributed by atoms with Crippen molar-refractivity contribution in [3.8, 4) is 0 Å². The number of para-hydroxylation sites is 1. The first-order valence-corrected chi connectivity index (χ1v) is 7.20. The van der Waals surface area contributed by atoms with E-state index < -0.39 is 21.6 Å². The van der Waals surface area contributed by atoms with Crippen molar-refractivity contribution in [1.82, 2.24) is 0 Å². The lowest BCUT2D eigenvalue weighted by Crippen LogP contribution is -2.42. The predicted octanol–water partition coefficient (Wildman–Crippen LogP) is 1.50. The van der Waals surface area contributed by atoms with Crippen molar-refractivity contribution >= 4 is 22.4 Å². The molecule has 0 aliphatic carbocycles. The van der Waals surface area contributed by atoms with Crippen LogP contribution in [0.3, 0.4) is 0 Å². The fraction of sp³-hybridized carbons (Fsp3) is 0.462. The maximum atomic E-state index is 12.0. The average Bonchev–Trinajstić information content (AvgIpc) is 2.27. The van der Waals surface area contributed by atoms with Crippen LogP contribution in [0.5, 0.6) is 0 Å². The van der Waals surface area contributed by atoms with E-state index in [9.17, 15) is 9.00 Å². The van der Waals surface area contributed by atoms with Crippen LogP contribution < -0.4 is 11.1 Å². The first kappa shape index (κ1) is 14.9. The molecule has 0 aromatic heterocycles. The monoisotopic (exact) mass is 268 g/mol. The molecular weight excluding hydrogens is 248 g/mol. The largest absolute Gasteiger partial charge is 0.325 e. The Labute approximate surface area is 110 Å². The molecular formula is C13H20N2O2S. The van der Waals surface area contributed by atoms with Crippen molar-refractivity contribution in [2.45, 2.75) is 31.6 Å². The molecule has 0 saturated carbocycles. The van der Waals surface area contributed by atoms with Crippen molar-refractivity contribution in [3.63, 3.8) is 0 Å². The lowest BCUT2D eigenvalue weighted by Gasteiger charge is -2.20. The summed E-state index contributed by atoms with van der Waals surface area (Å²) in [5.74, 6) is 0.0555. The zero-order valence-corrected chi connectivity index (χ0v) is 11.8. The van der Waals surface area contributed by atoms with Crippen molar-refractivity contribution in [1.29, 1.82) is 0 Å². The van der Waals surface area contributed by atoms with Gasteiger partial charge in [0.25, 0.3) is 0 Å². The zero-order chi connectivity index (χ0) is 13.8. The second-order valence-electron chi connectivity index (χ2n) is 5.01. The summed E-state index contributed by atoms with van der Waals surface area (Å²) >= 11 is 0. The Hall–Kier alpha value is -1.20. The SMILES string of the molecule is CC(C(=O)Nc1ccccc1)S(=O)CC(C)(C)N. The van der Waals surface area contributed by atoms with E-state index in [4.69, 9.17) is 5.73 Å². The predicted molar refractivity (Wildman–Crippen MR) is 75.8 cm³/mol. The highest BCUT2D eigenvalue weighted by atomic mass is 32.2. The van der Waals surface area contributed by atoms with E-state index in [1.165, 1.54) is 0 Å². The molecule has 0 heterocycles. The molecule has 0 saturated heterocycles. The van der Waals surface area contributed by atoms with Crippen LogP contribution >= 0.6 is 0 Å². The van der Waals surface area contributed by atoms with Gasteiger partial charge in [0.05, 0.1) is 0 Å². The summed E-state index contributed by atoms with van der Waals surface area (Å²) in [7, 11) is -1.28. The number of nitrogens with one attached hydrogen (secondary N) is 1. The number of nitrogens with two attached hydrogens (primary N) is 1. The molecule has 0 aliphatic rings. The van der Waals surface area contributed by atoms with Gasteiger partial charge in [0.15, 0.2) is 0 Å². The Kier molecular flexibility index (Phi) is 5.04. The van der Waals surface area contributed by atoms with Gasteiger partial charge in [0.1, 0.15) is 5.25 Å². The fourth-order valence-electron chi connectivity index (χ4n) is 1.38. The van der Waals surface area contributed by atoms with E-state index in [1.807, 2.05) is 18.2 Å². The summed E-state index contributed by atoms with van der Waals surface area (Å²) in [5.41, 5.74) is 5.97. The number of hydrogen-bond donors (Lipinski definition) is 2. The van der Waals surface area contributed by atoms with Gasteiger partial charge in [-0.2, -0.15) is 0 Å². The summed E-state index contributed by atoms with van der Waals surface area (Å²) in [5, 5.41) is 2.16. The summed E-state index contributed by atoms with van der Waals surface area (Å²) in [6, 6.07) is 9.12. The molecule has 1 rings (SSSR count). The van der Waals surface area contributed by atoms with Crippen molar-refractivity contribution in [3.05, 3.63) is 30.3 Å². The number of hydrogen-bond acceptors (Lipinski definition) is 3. The molecule has 0 radical (unpaired) electrons. The van der Waals surface area contributed by atoms with Crippen molar-refractivity contribution < 1.29 is 9.00 Å². The summed E-state index contributed by atoms with van der Waals surface area (Å²) in [4.78, 5) is 11.9. The summed E-state index contributed by atoms with van der Waals surface area (Å²) in [6.07, 6.45) is 0. The number of anilines is 1. The lowest BCUT2D eigenvalue weighted by atomic mass is 10.1. The highest BCUT2D eigenvalue weighted by Crippen LogP contribution is 2.09. The molecule has 0 aliphatic heterocycles. The van der Waals surface area contributed by atoms with Crippen molar-refractivity contribution in [2.24, 2.45) is 5.73 Å². The number of benzene rings is 1. The van der Waals surface area contributed by atoms with Crippen LogP contribution in [0, 0.1) is 0 Å². The van der Waals surface area contributed by atoms with Gasteiger partial charge in [-0.1, -0.05) is 18.2 Å². The van der Waals surface area contributed by atoms with E-state index in [-0.39, 0.29) is 5.91 Å². The third-order valence-corrected chi connectivity index (χ3v) is 4.35. The average molecular weight is 268 g/mol. The molecule has 0 fully saturated rings. The number of amides is 1. The fourth-order valence-corrected chi connectivity index (χ4v) is 2.66. The Morgan fingerprint density at radius 2 is 1.94 bits per heavy atom. The molecule has 3 N–H and O–H groups in total. The van der Waals surface area contributed by atoms with E-state index in [1.54, 1.807) is 32.9 Å². The van der Waals surface area contributed by atoms with Gasteiger partial charge < -0.3 is 11.1 Å². The Morgan fingerprint density at radius 1 is 1.39 bits per heavy atom. The van der Waals surface area contributed by atoms with Crippen LogP contribution in [0.15, 0.2) is 30.3 Å². The van der Waals surface area contributed by atoms with Crippen LogP contribution in [0.2, 0.25) is 0 Å².